The quantitative estimate of drug-likeness (QED) is 0.727. The molecule has 0 saturated carbocycles. The fourth-order valence-electron chi connectivity index (χ4n) is 1.62. The number of alkyl halides is 2. The molecule has 1 N–H and O–H groups in total. The van der Waals surface area contributed by atoms with Gasteiger partial charge < -0.3 is 5.32 Å². The van der Waals surface area contributed by atoms with E-state index in [1.54, 1.807) is 11.3 Å². The summed E-state index contributed by atoms with van der Waals surface area (Å²) in [6, 6.07) is 4.12. The summed E-state index contributed by atoms with van der Waals surface area (Å²) in [6.07, 6.45) is 3.08. The van der Waals surface area contributed by atoms with E-state index in [0.717, 1.165) is 19.3 Å². The van der Waals surface area contributed by atoms with Crippen LogP contribution in [0.4, 0.5) is 0 Å². The first kappa shape index (κ1) is 15.8. The molecule has 0 spiro atoms. The number of halogens is 2. The summed E-state index contributed by atoms with van der Waals surface area (Å²) in [5.74, 6) is 0.738. The van der Waals surface area contributed by atoms with Crippen molar-refractivity contribution in [3.63, 3.8) is 0 Å². The maximum Gasteiger partial charge on any atom is 0.220 e. The number of amides is 1. The number of thiophene rings is 1. The lowest BCUT2D eigenvalue weighted by atomic mass is 10.0. The summed E-state index contributed by atoms with van der Waals surface area (Å²) in [5.41, 5.74) is -0.455. The molecule has 0 bridgehead atoms. The zero-order chi connectivity index (χ0) is 13.4. The number of hydrogen-bond donors (Lipinski definition) is 1. The van der Waals surface area contributed by atoms with Crippen molar-refractivity contribution >= 4 is 40.4 Å². The molecule has 0 saturated heterocycles. The number of nitrogens with one attached hydrogen (secondary N) is 1. The van der Waals surface area contributed by atoms with Gasteiger partial charge in [-0.05, 0) is 30.7 Å². The van der Waals surface area contributed by atoms with Gasteiger partial charge in [-0.1, -0.05) is 13.0 Å². The lowest BCUT2D eigenvalue weighted by Crippen LogP contribution is -2.51. The maximum atomic E-state index is 11.8. The van der Waals surface area contributed by atoms with Gasteiger partial charge in [0.1, 0.15) is 0 Å². The highest BCUT2D eigenvalue weighted by atomic mass is 35.5. The van der Waals surface area contributed by atoms with Crippen LogP contribution in [0.2, 0.25) is 0 Å². The Labute approximate surface area is 123 Å². The molecule has 102 valence electrons. The Hall–Kier alpha value is -0.250. The highest BCUT2D eigenvalue weighted by molar-refractivity contribution is 7.09. The average Bonchev–Trinajstić information content (AvgIpc) is 2.89. The van der Waals surface area contributed by atoms with Gasteiger partial charge in [0.25, 0.3) is 0 Å². The van der Waals surface area contributed by atoms with Crippen molar-refractivity contribution in [1.29, 1.82) is 0 Å². The first-order valence-electron chi connectivity index (χ1n) is 6.11. The van der Waals surface area contributed by atoms with Gasteiger partial charge in [0, 0.05) is 23.1 Å². The highest BCUT2D eigenvalue weighted by Gasteiger charge is 2.27. The molecule has 0 aliphatic rings. The van der Waals surface area contributed by atoms with Crippen molar-refractivity contribution in [3.05, 3.63) is 22.4 Å². The third-order valence-electron chi connectivity index (χ3n) is 3.00. The van der Waals surface area contributed by atoms with E-state index in [1.165, 1.54) is 4.88 Å². The van der Waals surface area contributed by atoms with E-state index < -0.39 is 5.54 Å². The SMILES string of the molecule is CCC(CCl)(CCl)NC(=O)CCCc1cccs1. The van der Waals surface area contributed by atoms with Crippen molar-refractivity contribution in [3.8, 4) is 0 Å². The van der Waals surface area contributed by atoms with Gasteiger partial charge in [0.15, 0.2) is 0 Å². The van der Waals surface area contributed by atoms with Gasteiger partial charge in [0.05, 0.1) is 5.54 Å². The minimum Gasteiger partial charge on any atom is -0.348 e. The number of carbonyl (C=O) groups excluding carboxylic acids is 1. The van der Waals surface area contributed by atoms with E-state index in [-0.39, 0.29) is 5.91 Å². The second kappa shape index (κ2) is 8.03. The van der Waals surface area contributed by atoms with Crippen LogP contribution >= 0.6 is 34.5 Å². The topological polar surface area (TPSA) is 29.1 Å². The summed E-state index contributed by atoms with van der Waals surface area (Å²) in [4.78, 5) is 13.2. The Morgan fingerprint density at radius 1 is 1.44 bits per heavy atom. The van der Waals surface area contributed by atoms with Crippen molar-refractivity contribution < 1.29 is 4.79 Å². The second-order valence-corrected chi connectivity index (χ2v) is 5.95. The van der Waals surface area contributed by atoms with Crippen molar-refractivity contribution in [2.24, 2.45) is 0 Å². The Bertz CT molecular complexity index is 342. The molecule has 0 radical (unpaired) electrons. The van der Waals surface area contributed by atoms with Crippen LogP contribution in [-0.4, -0.2) is 23.2 Å². The molecular formula is C13H19Cl2NOS. The lowest BCUT2D eigenvalue weighted by molar-refractivity contribution is -0.122. The standard InChI is InChI=1S/C13H19Cl2NOS/c1-2-13(9-14,10-15)16-12(17)7-3-5-11-6-4-8-18-11/h4,6,8H,2-3,5,7,9-10H2,1H3,(H,16,17). The second-order valence-electron chi connectivity index (χ2n) is 4.38. The van der Waals surface area contributed by atoms with Gasteiger partial charge in [-0.3, -0.25) is 4.79 Å². The summed E-state index contributed by atoms with van der Waals surface area (Å²) >= 11 is 13.5. The smallest absolute Gasteiger partial charge is 0.220 e. The molecule has 0 fully saturated rings. The molecule has 18 heavy (non-hydrogen) atoms. The van der Waals surface area contributed by atoms with E-state index in [2.05, 4.69) is 16.8 Å². The minimum atomic E-state index is -0.455. The zero-order valence-electron chi connectivity index (χ0n) is 10.5. The maximum absolute atomic E-state index is 11.8. The van der Waals surface area contributed by atoms with Crippen molar-refractivity contribution in [1.82, 2.24) is 5.32 Å². The average molecular weight is 308 g/mol. The Morgan fingerprint density at radius 2 is 2.17 bits per heavy atom. The van der Waals surface area contributed by atoms with Crippen LogP contribution in [0.3, 0.4) is 0 Å². The predicted molar refractivity (Wildman–Crippen MR) is 79.9 cm³/mol. The minimum absolute atomic E-state index is 0.0368. The molecule has 1 aromatic heterocycles. The van der Waals surface area contributed by atoms with Crippen LogP contribution in [0, 0.1) is 0 Å². The monoisotopic (exact) mass is 307 g/mol. The van der Waals surface area contributed by atoms with E-state index in [4.69, 9.17) is 23.2 Å². The molecule has 0 unspecified atom stereocenters. The number of aryl methyl sites for hydroxylation is 1. The molecule has 0 aliphatic carbocycles. The lowest BCUT2D eigenvalue weighted by Gasteiger charge is -2.29. The number of hydrogen-bond acceptors (Lipinski definition) is 2. The number of carbonyl (C=O) groups is 1. The van der Waals surface area contributed by atoms with Crippen molar-refractivity contribution in [2.45, 2.75) is 38.1 Å². The Balaban J connectivity index is 2.32. The summed E-state index contributed by atoms with van der Waals surface area (Å²) in [7, 11) is 0. The first-order valence-corrected chi connectivity index (χ1v) is 8.06. The molecular weight excluding hydrogens is 289 g/mol. The molecule has 1 rings (SSSR count). The molecule has 5 heteroatoms. The van der Waals surface area contributed by atoms with Crippen LogP contribution in [0.1, 0.15) is 31.1 Å². The molecule has 1 amide bonds. The fraction of sp³-hybridized carbons (Fsp3) is 0.615. The van der Waals surface area contributed by atoms with Gasteiger partial charge in [-0.2, -0.15) is 0 Å². The Kier molecular flexibility index (Phi) is 7.05. The molecule has 1 heterocycles. The van der Waals surface area contributed by atoms with Gasteiger partial charge in [-0.25, -0.2) is 0 Å². The van der Waals surface area contributed by atoms with Gasteiger partial charge in [0.2, 0.25) is 5.91 Å². The van der Waals surface area contributed by atoms with Crippen LogP contribution in [0.5, 0.6) is 0 Å². The molecule has 0 atom stereocenters. The van der Waals surface area contributed by atoms with E-state index in [0.29, 0.717) is 18.2 Å². The summed E-state index contributed by atoms with van der Waals surface area (Å²) < 4.78 is 0. The fourth-order valence-corrected chi connectivity index (χ4v) is 3.16. The third-order valence-corrected chi connectivity index (χ3v) is 4.96. The van der Waals surface area contributed by atoms with Crippen LogP contribution in [0.15, 0.2) is 17.5 Å². The highest BCUT2D eigenvalue weighted by Crippen LogP contribution is 2.16. The van der Waals surface area contributed by atoms with Crippen LogP contribution in [-0.2, 0) is 11.2 Å². The zero-order valence-corrected chi connectivity index (χ0v) is 12.9. The van der Waals surface area contributed by atoms with E-state index in [1.807, 2.05) is 13.0 Å². The summed E-state index contributed by atoms with van der Waals surface area (Å²) in [5, 5.41) is 5.01. The van der Waals surface area contributed by atoms with E-state index in [9.17, 15) is 4.79 Å². The molecule has 0 aliphatic heterocycles. The molecule has 0 aromatic carbocycles. The van der Waals surface area contributed by atoms with Crippen molar-refractivity contribution in [2.75, 3.05) is 11.8 Å². The van der Waals surface area contributed by atoms with Gasteiger partial charge >= 0.3 is 0 Å². The first-order chi connectivity index (χ1) is 8.65. The normalized spacial score (nSPS) is 11.5. The van der Waals surface area contributed by atoms with E-state index >= 15 is 0 Å². The van der Waals surface area contributed by atoms with Crippen LogP contribution < -0.4 is 5.32 Å². The van der Waals surface area contributed by atoms with Crippen LogP contribution in [0.25, 0.3) is 0 Å². The van der Waals surface area contributed by atoms with Gasteiger partial charge in [-0.15, -0.1) is 34.5 Å². The molecule has 2 nitrogen and oxygen atoms in total. The third kappa shape index (κ3) is 4.79. The largest absolute Gasteiger partial charge is 0.348 e. The summed E-state index contributed by atoms with van der Waals surface area (Å²) in [6.45, 7) is 1.98. The number of rotatable bonds is 8. The predicted octanol–water partition coefficient (Wildman–Crippen LogP) is 3.81. The Morgan fingerprint density at radius 3 is 2.67 bits per heavy atom. The molecule has 1 aromatic rings.